The molecular formula is C15H14INO2. The number of hydrogen-bond donors (Lipinski definition) is 2. The summed E-state index contributed by atoms with van der Waals surface area (Å²) in [6.07, 6.45) is 0. The first-order chi connectivity index (χ1) is 9.19. The van der Waals surface area contributed by atoms with Crippen molar-refractivity contribution in [1.82, 2.24) is 5.32 Å². The second kappa shape index (κ2) is 6.68. The fourth-order valence-electron chi connectivity index (χ4n) is 1.65. The van der Waals surface area contributed by atoms with Crippen LogP contribution in [0.1, 0.15) is 21.5 Å². The molecule has 2 N–H and O–H groups in total. The SMILES string of the molecule is O=C(NCc1ccc(CO)cc1)c1ccc(I)cc1. The Labute approximate surface area is 125 Å². The first-order valence-corrected chi connectivity index (χ1v) is 6.99. The summed E-state index contributed by atoms with van der Waals surface area (Å²) < 4.78 is 1.11. The summed E-state index contributed by atoms with van der Waals surface area (Å²) in [6.45, 7) is 0.520. The Kier molecular flexibility index (Phi) is 4.93. The second-order valence-corrected chi connectivity index (χ2v) is 5.41. The van der Waals surface area contributed by atoms with Crippen molar-refractivity contribution in [3.63, 3.8) is 0 Å². The lowest BCUT2D eigenvalue weighted by atomic mass is 10.1. The Morgan fingerprint density at radius 3 is 2.16 bits per heavy atom. The van der Waals surface area contributed by atoms with Gasteiger partial charge >= 0.3 is 0 Å². The van der Waals surface area contributed by atoms with Crippen LogP contribution in [-0.4, -0.2) is 11.0 Å². The molecule has 98 valence electrons. The van der Waals surface area contributed by atoms with Crippen LogP contribution in [0.4, 0.5) is 0 Å². The molecule has 3 nitrogen and oxygen atoms in total. The number of carbonyl (C=O) groups is 1. The molecule has 2 aromatic rings. The Bertz CT molecular complexity index is 549. The normalized spacial score (nSPS) is 10.2. The fraction of sp³-hybridized carbons (Fsp3) is 0.133. The number of amides is 1. The predicted octanol–water partition coefficient (Wildman–Crippen LogP) is 2.71. The molecule has 0 bridgehead atoms. The van der Waals surface area contributed by atoms with Gasteiger partial charge in [0.1, 0.15) is 0 Å². The number of benzene rings is 2. The van der Waals surface area contributed by atoms with Crippen molar-refractivity contribution in [2.45, 2.75) is 13.2 Å². The first kappa shape index (κ1) is 14.0. The van der Waals surface area contributed by atoms with Crippen LogP contribution in [0.3, 0.4) is 0 Å². The minimum atomic E-state index is -0.0809. The molecule has 0 saturated carbocycles. The number of aliphatic hydroxyl groups excluding tert-OH is 1. The average molecular weight is 367 g/mol. The molecule has 0 unspecified atom stereocenters. The second-order valence-electron chi connectivity index (χ2n) is 4.16. The van der Waals surface area contributed by atoms with E-state index in [1.54, 1.807) is 0 Å². The molecule has 19 heavy (non-hydrogen) atoms. The molecule has 2 aromatic carbocycles. The van der Waals surface area contributed by atoms with Gasteiger partial charge < -0.3 is 10.4 Å². The van der Waals surface area contributed by atoms with Crippen molar-refractivity contribution in [3.05, 3.63) is 68.8 Å². The van der Waals surface area contributed by atoms with Crippen LogP contribution in [0, 0.1) is 3.57 Å². The summed E-state index contributed by atoms with van der Waals surface area (Å²) in [4.78, 5) is 11.9. The number of rotatable bonds is 4. The first-order valence-electron chi connectivity index (χ1n) is 5.91. The summed E-state index contributed by atoms with van der Waals surface area (Å²) >= 11 is 2.21. The van der Waals surface area contributed by atoms with E-state index in [2.05, 4.69) is 27.9 Å². The Hall–Kier alpha value is -1.40. The number of hydrogen-bond acceptors (Lipinski definition) is 2. The van der Waals surface area contributed by atoms with Gasteiger partial charge in [0.2, 0.25) is 0 Å². The van der Waals surface area contributed by atoms with Crippen LogP contribution >= 0.6 is 22.6 Å². The van der Waals surface area contributed by atoms with Gasteiger partial charge in [-0.1, -0.05) is 24.3 Å². The van der Waals surface area contributed by atoms with Crippen LogP contribution in [-0.2, 0) is 13.2 Å². The van der Waals surface area contributed by atoms with Gasteiger partial charge in [0, 0.05) is 15.7 Å². The third kappa shape index (κ3) is 4.04. The highest BCUT2D eigenvalue weighted by atomic mass is 127. The molecule has 1 amide bonds. The maximum Gasteiger partial charge on any atom is 0.251 e. The van der Waals surface area contributed by atoms with Crippen LogP contribution in [0.2, 0.25) is 0 Å². The molecular weight excluding hydrogens is 353 g/mol. The largest absolute Gasteiger partial charge is 0.392 e. The number of nitrogens with one attached hydrogen (secondary N) is 1. The van der Waals surface area contributed by atoms with Gasteiger partial charge in [0.05, 0.1) is 6.61 Å². The summed E-state index contributed by atoms with van der Waals surface area (Å²) in [5, 5.41) is 11.8. The summed E-state index contributed by atoms with van der Waals surface area (Å²) in [7, 11) is 0. The number of halogens is 1. The summed E-state index contributed by atoms with van der Waals surface area (Å²) in [5.41, 5.74) is 2.54. The van der Waals surface area contributed by atoms with Crippen molar-refractivity contribution in [2.75, 3.05) is 0 Å². The monoisotopic (exact) mass is 367 g/mol. The van der Waals surface area contributed by atoms with E-state index in [4.69, 9.17) is 5.11 Å². The van der Waals surface area contributed by atoms with Crippen molar-refractivity contribution in [2.24, 2.45) is 0 Å². The molecule has 0 radical (unpaired) electrons. The van der Waals surface area contributed by atoms with Gasteiger partial charge in [-0.2, -0.15) is 0 Å². The minimum absolute atomic E-state index is 0.0370. The molecule has 0 saturated heterocycles. The lowest BCUT2D eigenvalue weighted by Gasteiger charge is -2.06. The van der Waals surface area contributed by atoms with Crippen molar-refractivity contribution in [1.29, 1.82) is 0 Å². The average Bonchev–Trinajstić information content (AvgIpc) is 2.46. The molecule has 0 heterocycles. The van der Waals surface area contributed by atoms with Gasteiger partial charge in [-0.05, 0) is 58.0 Å². The van der Waals surface area contributed by atoms with Crippen molar-refractivity contribution >= 4 is 28.5 Å². The zero-order valence-electron chi connectivity index (χ0n) is 10.3. The molecule has 4 heteroatoms. The maximum atomic E-state index is 11.9. The topological polar surface area (TPSA) is 49.3 Å². The molecule has 0 aliphatic heterocycles. The predicted molar refractivity (Wildman–Crippen MR) is 82.7 cm³/mol. The number of aliphatic hydroxyl groups is 1. The fourth-order valence-corrected chi connectivity index (χ4v) is 2.01. The lowest BCUT2D eigenvalue weighted by molar-refractivity contribution is 0.0951. The third-order valence-corrected chi connectivity index (χ3v) is 3.48. The zero-order chi connectivity index (χ0) is 13.7. The van der Waals surface area contributed by atoms with Gasteiger partial charge in [-0.25, -0.2) is 0 Å². The van der Waals surface area contributed by atoms with E-state index < -0.39 is 0 Å². The van der Waals surface area contributed by atoms with Gasteiger partial charge in [0.25, 0.3) is 5.91 Å². The van der Waals surface area contributed by atoms with E-state index in [1.165, 1.54) is 0 Å². The molecule has 0 aliphatic carbocycles. The molecule has 0 atom stereocenters. The highest BCUT2D eigenvalue weighted by Gasteiger charge is 2.04. The maximum absolute atomic E-state index is 11.9. The van der Waals surface area contributed by atoms with Gasteiger partial charge in [0.15, 0.2) is 0 Å². The van der Waals surface area contributed by atoms with E-state index in [9.17, 15) is 4.79 Å². The Morgan fingerprint density at radius 1 is 1.00 bits per heavy atom. The highest BCUT2D eigenvalue weighted by Crippen LogP contribution is 2.08. The minimum Gasteiger partial charge on any atom is -0.392 e. The lowest BCUT2D eigenvalue weighted by Crippen LogP contribution is -2.22. The number of carbonyl (C=O) groups excluding carboxylic acids is 1. The Morgan fingerprint density at radius 2 is 1.58 bits per heavy atom. The smallest absolute Gasteiger partial charge is 0.251 e. The van der Waals surface area contributed by atoms with Crippen LogP contribution in [0.5, 0.6) is 0 Å². The molecule has 0 fully saturated rings. The van der Waals surface area contributed by atoms with E-state index in [0.29, 0.717) is 12.1 Å². The van der Waals surface area contributed by atoms with Gasteiger partial charge in [-0.3, -0.25) is 4.79 Å². The van der Waals surface area contributed by atoms with Crippen molar-refractivity contribution < 1.29 is 9.90 Å². The third-order valence-electron chi connectivity index (χ3n) is 2.77. The standard InChI is InChI=1S/C15H14INO2/c16-14-7-5-13(6-8-14)15(19)17-9-11-1-3-12(10-18)4-2-11/h1-8,18H,9-10H2,(H,17,19). The van der Waals surface area contributed by atoms with Crippen LogP contribution in [0.25, 0.3) is 0 Å². The quantitative estimate of drug-likeness (QED) is 0.817. The van der Waals surface area contributed by atoms with Crippen LogP contribution in [0.15, 0.2) is 48.5 Å². The van der Waals surface area contributed by atoms with Crippen molar-refractivity contribution in [3.8, 4) is 0 Å². The zero-order valence-corrected chi connectivity index (χ0v) is 12.4. The summed E-state index contributed by atoms with van der Waals surface area (Å²) in [5.74, 6) is -0.0809. The van der Waals surface area contributed by atoms with E-state index in [1.807, 2.05) is 48.5 Å². The highest BCUT2D eigenvalue weighted by molar-refractivity contribution is 14.1. The summed E-state index contributed by atoms with van der Waals surface area (Å²) in [6, 6.07) is 15.0. The molecule has 0 spiro atoms. The molecule has 2 rings (SSSR count). The molecule has 0 aliphatic rings. The van der Waals surface area contributed by atoms with E-state index in [-0.39, 0.29) is 12.5 Å². The van der Waals surface area contributed by atoms with E-state index in [0.717, 1.165) is 14.7 Å². The van der Waals surface area contributed by atoms with E-state index >= 15 is 0 Å². The van der Waals surface area contributed by atoms with Gasteiger partial charge in [-0.15, -0.1) is 0 Å². The van der Waals surface area contributed by atoms with Crippen LogP contribution < -0.4 is 5.32 Å². The molecule has 0 aromatic heterocycles. The Balaban J connectivity index is 1.94.